The SMILES string of the molecule is O=C(NCc1ccccc1F)C1(CO)CCC1. The van der Waals surface area contributed by atoms with Gasteiger partial charge < -0.3 is 10.4 Å². The van der Waals surface area contributed by atoms with Crippen LogP contribution in [0.15, 0.2) is 24.3 Å². The van der Waals surface area contributed by atoms with E-state index in [2.05, 4.69) is 5.32 Å². The number of hydrogen-bond acceptors (Lipinski definition) is 2. The molecule has 2 N–H and O–H groups in total. The molecule has 1 aliphatic carbocycles. The molecule has 0 aromatic heterocycles. The van der Waals surface area contributed by atoms with Crippen molar-refractivity contribution in [2.75, 3.05) is 6.61 Å². The van der Waals surface area contributed by atoms with Gasteiger partial charge in [-0.15, -0.1) is 0 Å². The molecule has 0 spiro atoms. The fourth-order valence-electron chi connectivity index (χ4n) is 2.07. The molecule has 0 aliphatic heterocycles. The van der Waals surface area contributed by atoms with E-state index in [0.717, 1.165) is 6.42 Å². The van der Waals surface area contributed by atoms with Gasteiger partial charge in [0.2, 0.25) is 5.91 Å². The normalized spacial score (nSPS) is 17.3. The second kappa shape index (κ2) is 4.84. The summed E-state index contributed by atoms with van der Waals surface area (Å²) in [5.41, 5.74) is -0.154. The minimum Gasteiger partial charge on any atom is -0.395 e. The molecule has 17 heavy (non-hydrogen) atoms. The van der Waals surface area contributed by atoms with Gasteiger partial charge in [0, 0.05) is 12.1 Å². The van der Waals surface area contributed by atoms with E-state index in [1.807, 2.05) is 0 Å². The van der Waals surface area contributed by atoms with Crippen LogP contribution in [-0.2, 0) is 11.3 Å². The number of aliphatic hydroxyl groups is 1. The number of amides is 1. The Morgan fingerprint density at radius 3 is 2.65 bits per heavy atom. The van der Waals surface area contributed by atoms with Gasteiger partial charge in [-0.25, -0.2) is 4.39 Å². The summed E-state index contributed by atoms with van der Waals surface area (Å²) in [4.78, 5) is 11.9. The lowest BCUT2D eigenvalue weighted by atomic mass is 9.68. The molecule has 3 nitrogen and oxygen atoms in total. The first-order valence-corrected chi connectivity index (χ1v) is 5.80. The van der Waals surface area contributed by atoms with Crippen LogP contribution in [0.4, 0.5) is 4.39 Å². The summed E-state index contributed by atoms with van der Waals surface area (Å²) in [6.07, 6.45) is 2.40. The van der Waals surface area contributed by atoms with Crippen molar-refractivity contribution in [3.05, 3.63) is 35.6 Å². The van der Waals surface area contributed by atoms with E-state index in [0.29, 0.717) is 18.4 Å². The van der Waals surface area contributed by atoms with E-state index in [1.165, 1.54) is 6.07 Å². The predicted octanol–water partition coefficient (Wildman–Crippen LogP) is 1.60. The lowest BCUT2D eigenvalue weighted by molar-refractivity contribution is -0.139. The van der Waals surface area contributed by atoms with Crippen LogP contribution >= 0.6 is 0 Å². The predicted molar refractivity (Wildman–Crippen MR) is 61.6 cm³/mol. The Labute approximate surface area is 99.7 Å². The summed E-state index contributed by atoms with van der Waals surface area (Å²) in [7, 11) is 0. The maximum absolute atomic E-state index is 13.3. The molecule has 1 aliphatic rings. The molecule has 1 fully saturated rings. The highest BCUT2D eigenvalue weighted by Gasteiger charge is 2.43. The summed E-state index contributed by atoms with van der Waals surface area (Å²) in [5.74, 6) is -0.492. The van der Waals surface area contributed by atoms with Crippen LogP contribution in [0.1, 0.15) is 24.8 Å². The number of halogens is 1. The molecule has 0 heterocycles. The average Bonchev–Trinajstić information content (AvgIpc) is 2.27. The second-order valence-electron chi connectivity index (χ2n) is 4.57. The monoisotopic (exact) mass is 237 g/mol. The summed E-state index contributed by atoms with van der Waals surface area (Å²) in [5, 5.41) is 11.9. The molecule has 1 aromatic carbocycles. The molecule has 1 saturated carbocycles. The first-order chi connectivity index (χ1) is 8.18. The highest BCUT2D eigenvalue weighted by atomic mass is 19.1. The highest BCUT2D eigenvalue weighted by Crippen LogP contribution is 2.40. The van der Waals surface area contributed by atoms with Gasteiger partial charge in [0.1, 0.15) is 5.82 Å². The third-order valence-electron chi connectivity index (χ3n) is 3.49. The van der Waals surface area contributed by atoms with E-state index in [1.54, 1.807) is 18.2 Å². The summed E-state index contributed by atoms with van der Waals surface area (Å²) in [6.45, 7) is 0.0450. The summed E-state index contributed by atoms with van der Waals surface area (Å²) in [6, 6.07) is 6.35. The first kappa shape index (κ1) is 12.0. The van der Waals surface area contributed by atoms with Crippen molar-refractivity contribution in [3.63, 3.8) is 0 Å². The second-order valence-corrected chi connectivity index (χ2v) is 4.57. The number of carbonyl (C=O) groups excluding carboxylic acids is 1. The van der Waals surface area contributed by atoms with Crippen molar-refractivity contribution in [2.45, 2.75) is 25.8 Å². The van der Waals surface area contributed by atoms with Gasteiger partial charge >= 0.3 is 0 Å². The summed E-state index contributed by atoms with van der Waals surface area (Å²) >= 11 is 0. The fraction of sp³-hybridized carbons (Fsp3) is 0.462. The minimum absolute atomic E-state index is 0.129. The van der Waals surface area contributed by atoms with Crippen molar-refractivity contribution >= 4 is 5.91 Å². The molecule has 1 aromatic rings. The van der Waals surface area contributed by atoms with E-state index >= 15 is 0 Å². The quantitative estimate of drug-likeness (QED) is 0.835. The Kier molecular flexibility index (Phi) is 3.43. The van der Waals surface area contributed by atoms with Crippen molar-refractivity contribution in [1.82, 2.24) is 5.32 Å². The topological polar surface area (TPSA) is 49.3 Å². The maximum atomic E-state index is 13.3. The first-order valence-electron chi connectivity index (χ1n) is 5.80. The molecule has 0 atom stereocenters. The number of hydrogen-bond donors (Lipinski definition) is 2. The zero-order chi connectivity index (χ0) is 12.3. The van der Waals surface area contributed by atoms with Gasteiger partial charge in [-0.3, -0.25) is 4.79 Å². The summed E-state index contributed by atoms with van der Waals surface area (Å²) < 4.78 is 13.3. The third-order valence-corrected chi connectivity index (χ3v) is 3.49. The smallest absolute Gasteiger partial charge is 0.228 e. The molecule has 4 heteroatoms. The van der Waals surface area contributed by atoms with Crippen molar-refractivity contribution in [1.29, 1.82) is 0 Å². The maximum Gasteiger partial charge on any atom is 0.228 e. The van der Waals surface area contributed by atoms with Crippen LogP contribution in [0.5, 0.6) is 0 Å². The standard InChI is InChI=1S/C13H16FNO2/c14-11-5-2-1-4-10(11)8-15-12(17)13(9-16)6-3-7-13/h1-2,4-5,16H,3,6-9H2,(H,15,17). The zero-order valence-corrected chi connectivity index (χ0v) is 9.58. The van der Waals surface area contributed by atoms with Crippen LogP contribution in [0.2, 0.25) is 0 Å². The number of nitrogens with one attached hydrogen (secondary N) is 1. The third kappa shape index (κ3) is 2.31. The molecular formula is C13H16FNO2. The lowest BCUT2D eigenvalue weighted by Crippen LogP contribution is -2.47. The van der Waals surface area contributed by atoms with Crippen LogP contribution < -0.4 is 5.32 Å². The lowest BCUT2D eigenvalue weighted by Gasteiger charge is -2.38. The van der Waals surface area contributed by atoms with Crippen molar-refractivity contribution in [3.8, 4) is 0 Å². The van der Waals surface area contributed by atoms with E-state index in [4.69, 9.17) is 0 Å². The fourth-order valence-corrected chi connectivity index (χ4v) is 2.07. The molecular weight excluding hydrogens is 221 g/mol. The van der Waals surface area contributed by atoms with Gasteiger partial charge in [-0.05, 0) is 18.9 Å². The number of benzene rings is 1. The van der Waals surface area contributed by atoms with Crippen LogP contribution in [0.25, 0.3) is 0 Å². The van der Waals surface area contributed by atoms with E-state index in [-0.39, 0.29) is 24.9 Å². The number of rotatable bonds is 4. The van der Waals surface area contributed by atoms with Crippen molar-refractivity contribution < 1.29 is 14.3 Å². The van der Waals surface area contributed by atoms with Gasteiger partial charge in [0.05, 0.1) is 12.0 Å². The Hall–Kier alpha value is -1.42. The van der Waals surface area contributed by atoms with Crippen LogP contribution in [0, 0.1) is 11.2 Å². The van der Waals surface area contributed by atoms with Gasteiger partial charge in [-0.2, -0.15) is 0 Å². The Morgan fingerprint density at radius 1 is 1.41 bits per heavy atom. The molecule has 92 valence electrons. The molecule has 0 unspecified atom stereocenters. The van der Waals surface area contributed by atoms with Gasteiger partial charge in [-0.1, -0.05) is 24.6 Å². The van der Waals surface area contributed by atoms with Crippen LogP contribution in [-0.4, -0.2) is 17.6 Å². The molecule has 1 amide bonds. The number of aliphatic hydroxyl groups excluding tert-OH is 1. The molecule has 0 saturated heterocycles. The Morgan fingerprint density at radius 2 is 2.12 bits per heavy atom. The van der Waals surface area contributed by atoms with Crippen molar-refractivity contribution in [2.24, 2.45) is 5.41 Å². The highest BCUT2D eigenvalue weighted by molar-refractivity contribution is 5.83. The Bertz CT molecular complexity index is 410. The zero-order valence-electron chi connectivity index (χ0n) is 9.58. The van der Waals surface area contributed by atoms with E-state index < -0.39 is 5.41 Å². The van der Waals surface area contributed by atoms with E-state index in [9.17, 15) is 14.3 Å². The minimum atomic E-state index is -0.620. The molecule has 2 rings (SSSR count). The van der Waals surface area contributed by atoms with Crippen LogP contribution in [0.3, 0.4) is 0 Å². The molecule has 0 radical (unpaired) electrons. The largest absolute Gasteiger partial charge is 0.395 e. The Balaban J connectivity index is 1.95. The van der Waals surface area contributed by atoms with Gasteiger partial charge in [0.15, 0.2) is 0 Å². The average molecular weight is 237 g/mol. The molecule has 0 bridgehead atoms. The number of carbonyl (C=O) groups is 1. The van der Waals surface area contributed by atoms with Gasteiger partial charge in [0.25, 0.3) is 0 Å².